The van der Waals surface area contributed by atoms with Crippen molar-refractivity contribution in [3.63, 3.8) is 0 Å². The quantitative estimate of drug-likeness (QED) is 0.868. The molecule has 108 valence electrons. The van der Waals surface area contributed by atoms with E-state index in [0.717, 1.165) is 0 Å². The molecule has 0 heterocycles. The molecule has 0 aliphatic rings. The maximum absolute atomic E-state index is 12.7. The molecular formula is C13H20FNO3S. The summed E-state index contributed by atoms with van der Waals surface area (Å²) in [6, 6.07) is 5.27. The molecule has 0 aliphatic heterocycles. The first-order chi connectivity index (χ1) is 8.43. The Hall–Kier alpha value is -0.980. The summed E-state index contributed by atoms with van der Waals surface area (Å²) in [4.78, 5) is 0. The first-order valence-electron chi connectivity index (χ1n) is 5.91. The molecular weight excluding hydrogens is 269 g/mol. The van der Waals surface area contributed by atoms with Gasteiger partial charge in [-0.2, -0.15) is 0 Å². The Balaban J connectivity index is 2.86. The van der Waals surface area contributed by atoms with Crippen LogP contribution >= 0.6 is 0 Å². The van der Waals surface area contributed by atoms with Crippen LogP contribution in [0.25, 0.3) is 0 Å². The normalized spacial score (nSPS) is 13.6. The highest BCUT2D eigenvalue weighted by Gasteiger charge is 2.38. The summed E-state index contributed by atoms with van der Waals surface area (Å²) in [5.41, 5.74) is -1.73. The summed E-state index contributed by atoms with van der Waals surface area (Å²) in [7, 11) is -3.62. The lowest BCUT2D eigenvalue weighted by molar-refractivity contribution is 0.00636. The molecule has 6 heteroatoms. The van der Waals surface area contributed by atoms with Crippen LogP contribution in [-0.2, 0) is 15.8 Å². The maximum Gasteiger partial charge on any atom is 0.216 e. The van der Waals surface area contributed by atoms with Crippen molar-refractivity contribution >= 4 is 10.0 Å². The third kappa shape index (κ3) is 4.56. The Morgan fingerprint density at radius 2 is 1.63 bits per heavy atom. The summed E-state index contributed by atoms with van der Waals surface area (Å²) < 4.78 is 39.3. The van der Waals surface area contributed by atoms with Crippen molar-refractivity contribution < 1.29 is 17.9 Å². The highest BCUT2D eigenvalue weighted by molar-refractivity contribution is 7.88. The highest BCUT2D eigenvalue weighted by atomic mass is 32.2. The number of halogens is 1. The molecule has 0 saturated heterocycles. The van der Waals surface area contributed by atoms with Crippen molar-refractivity contribution in [1.82, 2.24) is 4.72 Å². The predicted molar refractivity (Wildman–Crippen MR) is 72.5 cm³/mol. The van der Waals surface area contributed by atoms with Gasteiger partial charge in [-0.15, -0.1) is 0 Å². The molecule has 0 fully saturated rings. The lowest BCUT2D eigenvalue weighted by Gasteiger charge is -2.37. The van der Waals surface area contributed by atoms with Crippen LogP contribution in [0, 0.1) is 5.82 Å². The van der Waals surface area contributed by atoms with Gasteiger partial charge in [0, 0.05) is 0 Å². The third-order valence-corrected chi connectivity index (χ3v) is 4.74. The second-order valence-corrected chi connectivity index (χ2v) is 7.39. The van der Waals surface area contributed by atoms with Crippen molar-refractivity contribution in [3.8, 4) is 0 Å². The number of rotatable bonds is 5. The minimum atomic E-state index is -3.62. The van der Waals surface area contributed by atoms with Gasteiger partial charge in [-0.25, -0.2) is 17.5 Å². The SMILES string of the molecule is CC(C)(O)C(C)(C)NS(=O)(=O)Cc1ccc(F)cc1. The van der Waals surface area contributed by atoms with Gasteiger partial charge in [0.05, 0.1) is 16.9 Å². The Labute approximate surface area is 113 Å². The molecule has 0 aliphatic carbocycles. The van der Waals surface area contributed by atoms with E-state index in [0.29, 0.717) is 5.56 Å². The number of sulfonamides is 1. The number of benzene rings is 1. The largest absolute Gasteiger partial charge is 0.389 e. The summed E-state index contributed by atoms with van der Waals surface area (Å²) >= 11 is 0. The zero-order valence-electron chi connectivity index (χ0n) is 11.6. The second-order valence-electron chi connectivity index (χ2n) is 5.67. The molecule has 0 atom stereocenters. The fourth-order valence-corrected chi connectivity index (χ4v) is 3.08. The first-order valence-corrected chi connectivity index (χ1v) is 7.57. The molecule has 19 heavy (non-hydrogen) atoms. The minimum absolute atomic E-state index is 0.257. The van der Waals surface area contributed by atoms with Crippen LogP contribution in [-0.4, -0.2) is 24.7 Å². The van der Waals surface area contributed by atoms with Crippen LogP contribution in [0.3, 0.4) is 0 Å². The van der Waals surface area contributed by atoms with Gasteiger partial charge in [0.25, 0.3) is 0 Å². The molecule has 4 nitrogen and oxygen atoms in total. The molecule has 0 unspecified atom stereocenters. The molecule has 1 aromatic carbocycles. The van der Waals surface area contributed by atoms with E-state index in [2.05, 4.69) is 4.72 Å². The lowest BCUT2D eigenvalue weighted by atomic mass is 9.87. The summed E-state index contributed by atoms with van der Waals surface area (Å²) in [6.45, 7) is 6.28. The Morgan fingerprint density at radius 3 is 2.05 bits per heavy atom. The van der Waals surface area contributed by atoms with Crippen molar-refractivity contribution in [2.45, 2.75) is 44.6 Å². The van der Waals surface area contributed by atoms with E-state index in [1.54, 1.807) is 13.8 Å². The smallest absolute Gasteiger partial charge is 0.216 e. The minimum Gasteiger partial charge on any atom is -0.389 e. The summed E-state index contributed by atoms with van der Waals surface area (Å²) in [6.07, 6.45) is 0. The van der Waals surface area contributed by atoms with Crippen LogP contribution in [0.5, 0.6) is 0 Å². The average molecular weight is 289 g/mol. The van der Waals surface area contributed by atoms with Crippen LogP contribution in [0.1, 0.15) is 33.3 Å². The zero-order valence-corrected chi connectivity index (χ0v) is 12.4. The Kier molecular flexibility index (Phi) is 4.39. The number of nitrogens with one attached hydrogen (secondary N) is 1. The second kappa shape index (κ2) is 5.19. The number of aliphatic hydroxyl groups is 1. The summed E-state index contributed by atoms with van der Waals surface area (Å²) in [5, 5.41) is 9.93. The topological polar surface area (TPSA) is 66.4 Å². The van der Waals surface area contributed by atoms with E-state index < -0.39 is 27.0 Å². The van der Waals surface area contributed by atoms with Gasteiger partial charge >= 0.3 is 0 Å². The Morgan fingerprint density at radius 1 is 1.16 bits per heavy atom. The fraction of sp³-hybridized carbons (Fsp3) is 0.538. The monoisotopic (exact) mass is 289 g/mol. The summed E-state index contributed by atoms with van der Waals surface area (Å²) in [5.74, 6) is -0.668. The van der Waals surface area contributed by atoms with Gasteiger partial charge in [0.1, 0.15) is 5.82 Å². The molecule has 0 aromatic heterocycles. The zero-order chi connectivity index (χ0) is 14.9. The van der Waals surface area contributed by atoms with Crippen LogP contribution < -0.4 is 4.72 Å². The van der Waals surface area contributed by atoms with Crippen molar-refractivity contribution in [2.24, 2.45) is 0 Å². The molecule has 0 spiro atoms. The van der Waals surface area contributed by atoms with E-state index >= 15 is 0 Å². The van der Waals surface area contributed by atoms with E-state index in [4.69, 9.17) is 0 Å². The Bertz CT molecular complexity index is 530. The maximum atomic E-state index is 12.7. The van der Waals surface area contributed by atoms with Crippen molar-refractivity contribution in [2.75, 3.05) is 0 Å². The van der Waals surface area contributed by atoms with Gasteiger partial charge in [-0.05, 0) is 45.4 Å². The van der Waals surface area contributed by atoms with Crippen LogP contribution in [0.2, 0.25) is 0 Å². The fourth-order valence-electron chi connectivity index (χ4n) is 1.35. The van der Waals surface area contributed by atoms with Crippen molar-refractivity contribution in [3.05, 3.63) is 35.6 Å². The first kappa shape index (κ1) is 16.1. The predicted octanol–water partition coefficient (Wildman–Crippen LogP) is 1.79. The van der Waals surface area contributed by atoms with E-state index in [9.17, 15) is 17.9 Å². The molecule has 2 N–H and O–H groups in total. The number of hydrogen-bond donors (Lipinski definition) is 2. The highest BCUT2D eigenvalue weighted by Crippen LogP contribution is 2.22. The van der Waals surface area contributed by atoms with E-state index in [1.807, 2.05) is 0 Å². The van der Waals surface area contributed by atoms with Crippen LogP contribution in [0.15, 0.2) is 24.3 Å². The number of hydrogen-bond acceptors (Lipinski definition) is 3. The molecule has 0 saturated carbocycles. The molecule has 1 rings (SSSR count). The van der Waals surface area contributed by atoms with Crippen LogP contribution in [0.4, 0.5) is 4.39 Å². The van der Waals surface area contributed by atoms with Crippen molar-refractivity contribution in [1.29, 1.82) is 0 Å². The lowest BCUT2D eigenvalue weighted by Crippen LogP contribution is -2.57. The van der Waals surface area contributed by atoms with Gasteiger partial charge < -0.3 is 5.11 Å². The van der Waals surface area contributed by atoms with Gasteiger partial charge in [0.15, 0.2) is 0 Å². The molecule has 1 aromatic rings. The third-order valence-electron chi connectivity index (χ3n) is 3.21. The van der Waals surface area contributed by atoms with E-state index in [-0.39, 0.29) is 5.75 Å². The van der Waals surface area contributed by atoms with Gasteiger partial charge in [0.2, 0.25) is 10.0 Å². The van der Waals surface area contributed by atoms with Gasteiger partial charge in [-0.3, -0.25) is 0 Å². The molecule has 0 bridgehead atoms. The molecule has 0 amide bonds. The standard InChI is InChI=1S/C13H20FNO3S/c1-12(2,13(3,4)16)15-19(17,18)9-10-5-7-11(14)8-6-10/h5-8,15-16H,9H2,1-4H3. The van der Waals surface area contributed by atoms with Gasteiger partial charge in [-0.1, -0.05) is 12.1 Å². The average Bonchev–Trinajstić information content (AvgIpc) is 2.17. The van der Waals surface area contributed by atoms with E-state index in [1.165, 1.54) is 38.1 Å². The molecule has 0 radical (unpaired) electrons.